The standard InChI is InChI=1S/C8H14N2O2S.ClH/c11-8(7-5-13-6-9-7)10-1-3-12-4-2-10;/h7,9H,1-6H2;1H. The van der Waals surface area contributed by atoms with E-state index in [2.05, 4.69) is 5.32 Å². The van der Waals surface area contributed by atoms with Crippen molar-refractivity contribution in [2.24, 2.45) is 0 Å². The van der Waals surface area contributed by atoms with Crippen molar-refractivity contribution in [2.45, 2.75) is 6.04 Å². The highest BCUT2D eigenvalue weighted by atomic mass is 35.5. The Hall–Kier alpha value is 0.0300. The molecule has 0 saturated carbocycles. The molecule has 6 heteroatoms. The van der Waals surface area contributed by atoms with E-state index in [1.807, 2.05) is 4.90 Å². The first-order chi connectivity index (χ1) is 6.38. The lowest BCUT2D eigenvalue weighted by Crippen LogP contribution is -2.49. The highest BCUT2D eigenvalue weighted by Gasteiger charge is 2.27. The van der Waals surface area contributed by atoms with Crippen molar-refractivity contribution in [3.05, 3.63) is 0 Å². The Bertz CT molecular complexity index is 194. The van der Waals surface area contributed by atoms with Crippen molar-refractivity contribution in [2.75, 3.05) is 37.9 Å². The van der Waals surface area contributed by atoms with E-state index in [9.17, 15) is 4.79 Å². The number of carbonyl (C=O) groups is 1. The third kappa shape index (κ3) is 2.76. The van der Waals surface area contributed by atoms with Gasteiger partial charge in [0.2, 0.25) is 5.91 Å². The molecule has 0 bridgehead atoms. The van der Waals surface area contributed by atoms with Crippen LogP contribution in [0.2, 0.25) is 0 Å². The van der Waals surface area contributed by atoms with Crippen LogP contribution in [0.25, 0.3) is 0 Å². The molecular weight excluding hydrogens is 224 g/mol. The van der Waals surface area contributed by atoms with Gasteiger partial charge in [0.05, 0.1) is 19.3 Å². The lowest BCUT2D eigenvalue weighted by molar-refractivity contribution is -0.136. The average Bonchev–Trinajstić information content (AvgIpc) is 2.71. The predicted molar refractivity (Wildman–Crippen MR) is 58.9 cm³/mol. The minimum absolute atomic E-state index is 0. The Morgan fingerprint density at radius 2 is 2.14 bits per heavy atom. The summed E-state index contributed by atoms with van der Waals surface area (Å²) in [4.78, 5) is 13.7. The maximum atomic E-state index is 11.8. The van der Waals surface area contributed by atoms with Crippen molar-refractivity contribution >= 4 is 30.1 Å². The van der Waals surface area contributed by atoms with Crippen LogP contribution in [0.5, 0.6) is 0 Å². The van der Waals surface area contributed by atoms with Gasteiger partial charge in [-0.05, 0) is 0 Å². The first-order valence-electron chi connectivity index (χ1n) is 4.55. The molecule has 0 spiro atoms. The fraction of sp³-hybridized carbons (Fsp3) is 0.875. The number of nitrogens with one attached hydrogen (secondary N) is 1. The second-order valence-corrected chi connectivity index (χ2v) is 4.24. The molecule has 2 aliphatic heterocycles. The molecule has 0 aromatic carbocycles. The van der Waals surface area contributed by atoms with E-state index >= 15 is 0 Å². The molecule has 82 valence electrons. The Kier molecular flexibility index (Phi) is 5.01. The van der Waals surface area contributed by atoms with Crippen LogP contribution in [0.3, 0.4) is 0 Å². The largest absolute Gasteiger partial charge is 0.378 e. The van der Waals surface area contributed by atoms with E-state index in [1.54, 1.807) is 11.8 Å². The van der Waals surface area contributed by atoms with Gasteiger partial charge in [0.15, 0.2) is 0 Å². The second-order valence-electron chi connectivity index (χ2n) is 3.21. The molecule has 2 heterocycles. The van der Waals surface area contributed by atoms with E-state index in [0.717, 1.165) is 24.7 Å². The lowest BCUT2D eigenvalue weighted by Gasteiger charge is -2.28. The van der Waals surface area contributed by atoms with Crippen molar-refractivity contribution < 1.29 is 9.53 Å². The monoisotopic (exact) mass is 238 g/mol. The molecule has 2 fully saturated rings. The van der Waals surface area contributed by atoms with Crippen molar-refractivity contribution in [3.8, 4) is 0 Å². The van der Waals surface area contributed by atoms with Gasteiger partial charge in [-0.1, -0.05) is 0 Å². The summed E-state index contributed by atoms with van der Waals surface area (Å²) in [7, 11) is 0. The van der Waals surface area contributed by atoms with Crippen LogP contribution in [0.15, 0.2) is 0 Å². The maximum Gasteiger partial charge on any atom is 0.240 e. The molecule has 0 aliphatic carbocycles. The van der Waals surface area contributed by atoms with E-state index in [1.165, 1.54) is 0 Å². The first-order valence-corrected chi connectivity index (χ1v) is 5.71. The fourth-order valence-electron chi connectivity index (χ4n) is 1.56. The number of morpholine rings is 1. The predicted octanol–water partition coefficient (Wildman–Crippen LogP) is -0.0705. The van der Waals surface area contributed by atoms with Gasteiger partial charge in [0, 0.05) is 24.7 Å². The van der Waals surface area contributed by atoms with E-state index in [0.29, 0.717) is 13.2 Å². The third-order valence-electron chi connectivity index (χ3n) is 2.34. The van der Waals surface area contributed by atoms with Gasteiger partial charge in [-0.3, -0.25) is 10.1 Å². The molecule has 14 heavy (non-hydrogen) atoms. The van der Waals surface area contributed by atoms with Crippen LogP contribution < -0.4 is 5.32 Å². The number of amides is 1. The molecule has 2 saturated heterocycles. The summed E-state index contributed by atoms with van der Waals surface area (Å²) < 4.78 is 5.19. The quantitative estimate of drug-likeness (QED) is 0.695. The Balaban J connectivity index is 0.000000980. The summed E-state index contributed by atoms with van der Waals surface area (Å²) in [5, 5.41) is 3.18. The first kappa shape index (κ1) is 12.1. The SMILES string of the molecule is Cl.O=C(C1CSCN1)N1CCOCC1. The molecule has 1 unspecified atom stereocenters. The molecule has 1 amide bonds. The summed E-state index contributed by atoms with van der Waals surface area (Å²) in [6, 6.07) is 0.0445. The summed E-state index contributed by atoms with van der Waals surface area (Å²) in [6.45, 7) is 2.88. The maximum absolute atomic E-state index is 11.8. The van der Waals surface area contributed by atoms with Crippen LogP contribution in [-0.4, -0.2) is 54.8 Å². The summed E-state index contributed by atoms with van der Waals surface area (Å²) in [5.74, 6) is 2.06. The summed E-state index contributed by atoms with van der Waals surface area (Å²) >= 11 is 1.78. The Labute approximate surface area is 94.1 Å². The van der Waals surface area contributed by atoms with Gasteiger partial charge in [-0.2, -0.15) is 0 Å². The zero-order chi connectivity index (χ0) is 9.10. The topological polar surface area (TPSA) is 41.6 Å². The van der Waals surface area contributed by atoms with Gasteiger partial charge < -0.3 is 9.64 Å². The Morgan fingerprint density at radius 1 is 1.43 bits per heavy atom. The van der Waals surface area contributed by atoms with E-state index < -0.39 is 0 Å². The van der Waals surface area contributed by atoms with Crippen molar-refractivity contribution in [3.63, 3.8) is 0 Å². The Morgan fingerprint density at radius 3 is 2.71 bits per heavy atom. The van der Waals surface area contributed by atoms with Crippen LogP contribution >= 0.6 is 24.2 Å². The lowest BCUT2D eigenvalue weighted by atomic mass is 10.2. The number of hydrogen-bond donors (Lipinski definition) is 1. The number of halogens is 1. The molecule has 4 nitrogen and oxygen atoms in total. The van der Waals surface area contributed by atoms with Crippen LogP contribution in [0.1, 0.15) is 0 Å². The minimum Gasteiger partial charge on any atom is -0.378 e. The van der Waals surface area contributed by atoms with Crippen LogP contribution in [0, 0.1) is 0 Å². The third-order valence-corrected chi connectivity index (χ3v) is 3.28. The van der Waals surface area contributed by atoms with Crippen LogP contribution in [0.4, 0.5) is 0 Å². The van der Waals surface area contributed by atoms with Crippen molar-refractivity contribution in [1.29, 1.82) is 0 Å². The number of hydrogen-bond acceptors (Lipinski definition) is 4. The van der Waals surface area contributed by atoms with Gasteiger partial charge in [0.25, 0.3) is 0 Å². The van der Waals surface area contributed by atoms with Gasteiger partial charge in [0.1, 0.15) is 0 Å². The van der Waals surface area contributed by atoms with Crippen molar-refractivity contribution in [1.82, 2.24) is 10.2 Å². The number of rotatable bonds is 1. The zero-order valence-electron chi connectivity index (χ0n) is 7.90. The second kappa shape index (κ2) is 5.80. The molecular formula is C8H15ClN2O2S. The highest BCUT2D eigenvalue weighted by Crippen LogP contribution is 2.12. The average molecular weight is 239 g/mol. The number of thioether (sulfide) groups is 1. The van der Waals surface area contributed by atoms with E-state index in [-0.39, 0.29) is 24.4 Å². The summed E-state index contributed by atoms with van der Waals surface area (Å²) in [6.07, 6.45) is 0. The smallest absolute Gasteiger partial charge is 0.240 e. The fourth-order valence-corrected chi connectivity index (χ4v) is 2.49. The number of carbonyl (C=O) groups excluding carboxylic acids is 1. The van der Waals surface area contributed by atoms with Gasteiger partial charge >= 0.3 is 0 Å². The molecule has 1 atom stereocenters. The van der Waals surface area contributed by atoms with E-state index in [4.69, 9.17) is 4.74 Å². The normalized spacial score (nSPS) is 27.1. The molecule has 2 aliphatic rings. The van der Waals surface area contributed by atoms with Gasteiger partial charge in [-0.25, -0.2) is 0 Å². The molecule has 0 radical (unpaired) electrons. The molecule has 0 aromatic heterocycles. The van der Waals surface area contributed by atoms with Gasteiger partial charge in [-0.15, -0.1) is 24.2 Å². The number of nitrogens with zero attached hydrogens (tertiary/aromatic N) is 1. The molecule has 0 aromatic rings. The minimum atomic E-state index is 0. The summed E-state index contributed by atoms with van der Waals surface area (Å²) in [5.41, 5.74) is 0. The molecule has 1 N–H and O–H groups in total. The van der Waals surface area contributed by atoms with Crippen LogP contribution in [-0.2, 0) is 9.53 Å². The molecule has 2 rings (SSSR count). The zero-order valence-corrected chi connectivity index (χ0v) is 9.53. The number of ether oxygens (including phenoxy) is 1. The highest BCUT2D eigenvalue weighted by molar-refractivity contribution is 7.99.